The number of aromatic nitrogens is 1. The number of rotatable bonds is 0. The van der Waals surface area contributed by atoms with E-state index in [2.05, 4.69) is 54.3 Å². The van der Waals surface area contributed by atoms with Crippen molar-refractivity contribution in [2.45, 2.75) is 25.3 Å². The van der Waals surface area contributed by atoms with Gasteiger partial charge < -0.3 is 4.98 Å². The highest BCUT2D eigenvalue weighted by molar-refractivity contribution is 5.88. The van der Waals surface area contributed by atoms with Crippen molar-refractivity contribution < 1.29 is 0 Å². The van der Waals surface area contributed by atoms with E-state index in [0.29, 0.717) is 12.0 Å². The second-order valence-electron chi connectivity index (χ2n) is 5.81. The van der Waals surface area contributed by atoms with Gasteiger partial charge >= 0.3 is 0 Å². The second kappa shape index (κ2) is 3.48. The van der Waals surface area contributed by atoms with E-state index < -0.39 is 0 Å². The summed E-state index contributed by atoms with van der Waals surface area (Å²) in [5.74, 6) is 0.566. The molecule has 0 spiro atoms. The number of aromatic amines is 1. The van der Waals surface area contributed by atoms with Crippen LogP contribution in [0.15, 0.2) is 36.0 Å². The number of nitrogens with one attached hydrogen (secondary N) is 1. The van der Waals surface area contributed by atoms with Gasteiger partial charge in [-0.1, -0.05) is 23.8 Å². The molecule has 2 heterocycles. The topological polar surface area (TPSA) is 19.0 Å². The molecule has 2 aliphatic rings. The lowest BCUT2D eigenvalue weighted by Crippen LogP contribution is -2.43. The molecule has 2 atom stereocenters. The second-order valence-corrected chi connectivity index (χ2v) is 5.81. The number of nitrogens with zero attached hydrogens (tertiary/aromatic N) is 1. The Kier molecular flexibility index (Phi) is 2.01. The van der Waals surface area contributed by atoms with Gasteiger partial charge in [0.2, 0.25) is 0 Å². The largest absolute Gasteiger partial charge is 0.361 e. The van der Waals surface area contributed by atoms with Gasteiger partial charge in [-0.2, -0.15) is 0 Å². The van der Waals surface area contributed by atoms with Gasteiger partial charge in [0.1, 0.15) is 0 Å². The van der Waals surface area contributed by atoms with Crippen molar-refractivity contribution in [3.05, 3.63) is 47.2 Å². The van der Waals surface area contributed by atoms with Crippen LogP contribution >= 0.6 is 0 Å². The molecule has 2 heteroatoms. The van der Waals surface area contributed by atoms with Gasteiger partial charge in [0.05, 0.1) is 0 Å². The SMILES string of the molecule is CC1=C[C@H]2c3cccc4[nH]cc(c34)C[C@@H]2N(C)C1. The molecule has 0 unspecified atom stereocenters. The Bertz CT molecular complexity index is 650. The number of hydrogen-bond acceptors (Lipinski definition) is 1. The van der Waals surface area contributed by atoms with Crippen LogP contribution in [0.3, 0.4) is 0 Å². The Morgan fingerprint density at radius 2 is 2.22 bits per heavy atom. The maximum absolute atomic E-state index is 3.42. The van der Waals surface area contributed by atoms with E-state index in [1.807, 2.05) is 0 Å². The Labute approximate surface area is 107 Å². The van der Waals surface area contributed by atoms with Gasteiger partial charge in [0, 0.05) is 35.6 Å². The first-order valence-electron chi connectivity index (χ1n) is 6.70. The first-order chi connectivity index (χ1) is 8.74. The molecule has 1 N–H and O–H groups in total. The number of fused-ring (bicyclic) bond motifs is 2. The van der Waals surface area contributed by atoms with E-state index in [1.165, 1.54) is 34.0 Å². The van der Waals surface area contributed by atoms with E-state index in [4.69, 9.17) is 0 Å². The number of benzene rings is 1. The Hall–Kier alpha value is -1.54. The van der Waals surface area contributed by atoms with Crippen LogP contribution in [-0.2, 0) is 6.42 Å². The summed E-state index contributed by atoms with van der Waals surface area (Å²) < 4.78 is 0. The molecule has 1 aromatic carbocycles. The molecular formula is C16H18N2. The van der Waals surface area contributed by atoms with E-state index in [-0.39, 0.29) is 0 Å². The normalized spacial score (nSPS) is 27.1. The molecule has 0 radical (unpaired) electrons. The molecule has 1 aliphatic carbocycles. The Morgan fingerprint density at radius 3 is 3.11 bits per heavy atom. The molecule has 0 saturated heterocycles. The molecule has 0 amide bonds. The van der Waals surface area contributed by atoms with Crippen molar-refractivity contribution >= 4 is 10.9 Å². The zero-order chi connectivity index (χ0) is 12.3. The van der Waals surface area contributed by atoms with Crippen molar-refractivity contribution in [2.24, 2.45) is 0 Å². The highest BCUT2D eigenvalue weighted by Gasteiger charge is 2.34. The van der Waals surface area contributed by atoms with Crippen molar-refractivity contribution in [3.63, 3.8) is 0 Å². The molecule has 18 heavy (non-hydrogen) atoms. The van der Waals surface area contributed by atoms with E-state index in [0.717, 1.165) is 6.54 Å². The van der Waals surface area contributed by atoms with Crippen molar-refractivity contribution in [2.75, 3.05) is 13.6 Å². The fraction of sp³-hybridized carbons (Fsp3) is 0.375. The molecule has 1 aliphatic heterocycles. The van der Waals surface area contributed by atoms with Crippen LogP contribution in [0.1, 0.15) is 24.0 Å². The first kappa shape index (κ1) is 10.4. The van der Waals surface area contributed by atoms with Gasteiger partial charge in [0.15, 0.2) is 0 Å². The lowest BCUT2D eigenvalue weighted by atomic mass is 9.77. The van der Waals surface area contributed by atoms with Crippen LogP contribution in [0.4, 0.5) is 0 Å². The van der Waals surface area contributed by atoms with Gasteiger partial charge in [-0.25, -0.2) is 0 Å². The quantitative estimate of drug-likeness (QED) is 0.699. The van der Waals surface area contributed by atoms with Gasteiger partial charge in [-0.15, -0.1) is 0 Å². The fourth-order valence-corrected chi connectivity index (χ4v) is 3.78. The smallest absolute Gasteiger partial charge is 0.0459 e. The molecule has 0 saturated carbocycles. The minimum atomic E-state index is 0.566. The van der Waals surface area contributed by atoms with Crippen LogP contribution in [-0.4, -0.2) is 29.5 Å². The summed E-state index contributed by atoms with van der Waals surface area (Å²) in [6, 6.07) is 7.30. The number of H-pyrrole nitrogens is 1. The summed E-state index contributed by atoms with van der Waals surface area (Å²) in [6.07, 6.45) is 5.85. The lowest BCUT2D eigenvalue weighted by Gasteiger charge is -2.40. The summed E-state index contributed by atoms with van der Waals surface area (Å²) in [7, 11) is 2.26. The third kappa shape index (κ3) is 1.27. The van der Waals surface area contributed by atoms with Crippen molar-refractivity contribution in [3.8, 4) is 0 Å². The number of likely N-dealkylation sites (N-methyl/N-ethyl adjacent to an activating group) is 1. The fourth-order valence-electron chi connectivity index (χ4n) is 3.78. The highest BCUT2D eigenvalue weighted by atomic mass is 15.1. The zero-order valence-corrected chi connectivity index (χ0v) is 10.9. The van der Waals surface area contributed by atoms with Crippen molar-refractivity contribution in [1.29, 1.82) is 0 Å². The van der Waals surface area contributed by atoms with Crippen LogP contribution in [0.2, 0.25) is 0 Å². The predicted molar refractivity (Wildman–Crippen MR) is 74.9 cm³/mol. The summed E-state index contributed by atoms with van der Waals surface area (Å²) in [5, 5.41) is 1.47. The van der Waals surface area contributed by atoms with Crippen LogP contribution in [0.5, 0.6) is 0 Å². The molecule has 1 aromatic heterocycles. The molecule has 4 rings (SSSR count). The third-order valence-corrected chi connectivity index (χ3v) is 4.55. The molecule has 0 bridgehead atoms. The standard InChI is InChI=1S/C16H18N2/c1-10-6-13-12-4-3-5-14-16(12)11(8-17-14)7-15(13)18(2)9-10/h3-6,8,13,15,17H,7,9H2,1-2H3/t13-,15-/m0/s1. The molecule has 0 fully saturated rings. The van der Waals surface area contributed by atoms with Crippen molar-refractivity contribution in [1.82, 2.24) is 9.88 Å². The summed E-state index contributed by atoms with van der Waals surface area (Å²) >= 11 is 0. The minimum absolute atomic E-state index is 0.566. The van der Waals surface area contributed by atoms with E-state index in [1.54, 1.807) is 0 Å². The molecule has 2 nitrogen and oxygen atoms in total. The molecule has 92 valence electrons. The zero-order valence-electron chi connectivity index (χ0n) is 10.9. The maximum Gasteiger partial charge on any atom is 0.0459 e. The van der Waals surface area contributed by atoms with E-state index >= 15 is 0 Å². The first-order valence-corrected chi connectivity index (χ1v) is 6.70. The summed E-state index contributed by atoms with van der Waals surface area (Å²) in [5.41, 5.74) is 5.78. The monoisotopic (exact) mass is 238 g/mol. The Morgan fingerprint density at radius 1 is 1.33 bits per heavy atom. The Balaban J connectivity index is 1.99. The summed E-state index contributed by atoms with van der Waals surface area (Å²) in [4.78, 5) is 5.93. The minimum Gasteiger partial charge on any atom is -0.361 e. The third-order valence-electron chi connectivity index (χ3n) is 4.55. The van der Waals surface area contributed by atoms with Crippen LogP contribution < -0.4 is 0 Å². The van der Waals surface area contributed by atoms with Gasteiger partial charge in [-0.3, -0.25) is 4.90 Å². The van der Waals surface area contributed by atoms with Crippen LogP contribution in [0.25, 0.3) is 10.9 Å². The van der Waals surface area contributed by atoms with Gasteiger partial charge in [-0.05, 0) is 37.6 Å². The maximum atomic E-state index is 3.42. The average molecular weight is 238 g/mol. The number of hydrogen-bond donors (Lipinski definition) is 1. The van der Waals surface area contributed by atoms with Gasteiger partial charge in [0.25, 0.3) is 0 Å². The van der Waals surface area contributed by atoms with Crippen LogP contribution in [0, 0.1) is 0 Å². The highest BCUT2D eigenvalue weighted by Crippen LogP contribution is 2.41. The summed E-state index contributed by atoms with van der Waals surface area (Å²) in [6.45, 7) is 3.36. The average Bonchev–Trinajstić information content (AvgIpc) is 2.76. The molecule has 2 aromatic rings. The predicted octanol–water partition coefficient (Wildman–Crippen LogP) is 3.07. The van der Waals surface area contributed by atoms with E-state index in [9.17, 15) is 0 Å². The lowest BCUT2D eigenvalue weighted by molar-refractivity contribution is 0.224. The molecular weight excluding hydrogens is 220 g/mol.